The molecule has 0 aliphatic heterocycles. The van der Waals surface area contributed by atoms with Gasteiger partial charge in [-0.25, -0.2) is 0 Å². The molecule has 0 N–H and O–H groups in total. The van der Waals surface area contributed by atoms with Gasteiger partial charge in [-0.05, 0) is 13.8 Å². The van der Waals surface area contributed by atoms with Gasteiger partial charge >= 0.3 is 240 Å². The molecule has 5 aromatic carbocycles. The second-order valence-corrected chi connectivity index (χ2v) is 19.4. The summed E-state index contributed by atoms with van der Waals surface area (Å²) in [6.07, 6.45) is 0. The SMILES string of the molecule is CCN(CC)c1ccc(N=Nc2ccccc2C(=O)[O][Sn]([c]2ccccc2)([c]2ccccc2)[c]2ccccc2)c(C)c1. The minimum atomic E-state index is -4.29. The molecule has 0 aromatic heterocycles. The monoisotopic (exact) mass is 661 g/mol. The van der Waals surface area contributed by atoms with Crippen LogP contribution in [0.2, 0.25) is 0 Å². The summed E-state index contributed by atoms with van der Waals surface area (Å²) in [4.78, 5) is 16.5. The minimum absolute atomic E-state index is 0.391. The van der Waals surface area contributed by atoms with E-state index in [0.29, 0.717) is 11.3 Å². The van der Waals surface area contributed by atoms with Gasteiger partial charge in [0, 0.05) is 0 Å². The molecule has 5 nitrogen and oxygen atoms in total. The standard InChI is InChI=1S/C18H21N3O2.3C6H5.Sn/c1-4-21(5-2)14-10-11-16(13(3)12-14)19-20-17-9-7-6-8-15(17)18(22)23;3*1-2-4-6-5-3-1;/h6-12H,4-5H2,1-3H3,(H,22,23);3*1-5H;/q;;;;+1/p-1. The van der Waals surface area contributed by atoms with E-state index >= 15 is 0 Å². The number of benzene rings is 5. The number of carbonyl (C=O) groups excluding carboxylic acids is 1. The molecule has 0 atom stereocenters. The molecule has 42 heavy (non-hydrogen) atoms. The second kappa shape index (κ2) is 13.6. The molecule has 6 heteroatoms. The van der Waals surface area contributed by atoms with Gasteiger partial charge in [0.25, 0.3) is 0 Å². The van der Waals surface area contributed by atoms with Crippen LogP contribution in [0.4, 0.5) is 17.1 Å². The molecule has 0 aliphatic carbocycles. The first kappa shape index (κ1) is 29.3. The Labute approximate surface area is 252 Å². The Morgan fingerprint density at radius 1 is 0.643 bits per heavy atom. The van der Waals surface area contributed by atoms with Gasteiger partial charge in [0.05, 0.1) is 0 Å². The topological polar surface area (TPSA) is 54.3 Å². The molecule has 0 spiro atoms. The van der Waals surface area contributed by atoms with Gasteiger partial charge in [-0.1, -0.05) is 0 Å². The van der Waals surface area contributed by atoms with Crippen molar-refractivity contribution in [1.82, 2.24) is 0 Å². The maximum atomic E-state index is 14.2. The number of hydrogen-bond donors (Lipinski definition) is 0. The normalized spacial score (nSPS) is 11.4. The third-order valence-electron chi connectivity index (χ3n) is 7.49. The Bertz CT molecular complexity index is 1560. The fourth-order valence-electron chi connectivity index (χ4n) is 5.27. The average molecular weight is 660 g/mol. The van der Waals surface area contributed by atoms with E-state index in [4.69, 9.17) is 3.07 Å². The van der Waals surface area contributed by atoms with Crippen LogP contribution >= 0.6 is 0 Å². The van der Waals surface area contributed by atoms with Crippen LogP contribution in [-0.4, -0.2) is 37.8 Å². The van der Waals surface area contributed by atoms with Crippen molar-refractivity contribution >= 4 is 52.6 Å². The van der Waals surface area contributed by atoms with Crippen molar-refractivity contribution in [2.45, 2.75) is 20.8 Å². The molecule has 0 saturated carbocycles. The predicted octanol–water partition coefficient (Wildman–Crippen LogP) is 7.08. The van der Waals surface area contributed by atoms with Crippen LogP contribution in [0, 0.1) is 6.92 Å². The van der Waals surface area contributed by atoms with Gasteiger partial charge < -0.3 is 0 Å². The summed E-state index contributed by atoms with van der Waals surface area (Å²) < 4.78 is 10.00. The zero-order chi connectivity index (χ0) is 29.4. The molecule has 5 aromatic rings. The average Bonchev–Trinajstić information content (AvgIpc) is 3.05. The van der Waals surface area contributed by atoms with Gasteiger partial charge in [0.1, 0.15) is 0 Å². The number of nitrogens with zero attached hydrogens (tertiary/aromatic N) is 3. The van der Waals surface area contributed by atoms with Crippen LogP contribution in [0.1, 0.15) is 29.8 Å². The number of carbonyl (C=O) groups is 1. The van der Waals surface area contributed by atoms with E-state index in [1.54, 1.807) is 6.07 Å². The summed E-state index contributed by atoms with van der Waals surface area (Å²) in [6, 6.07) is 44.0. The summed E-state index contributed by atoms with van der Waals surface area (Å²) in [7, 11) is 0. The Morgan fingerprint density at radius 2 is 1.12 bits per heavy atom. The summed E-state index contributed by atoms with van der Waals surface area (Å²) in [5.74, 6) is -0.398. The van der Waals surface area contributed by atoms with E-state index < -0.39 is 24.8 Å². The molecule has 0 saturated heterocycles. The second-order valence-electron chi connectivity index (χ2n) is 10.0. The van der Waals surface area contributed by atoms with Crippen LogP contribution in [0.5, 0.6) is 0 Å². The Morgan fingerprint density at radius 3 is 1.62 bits per heavy atom. The van der Waals surface area contributed by atoms with Crippen molar-refractivity contribution in [1.29, 1.82) is 0 Å². The maximum absolute atomic E-state index is 14.2. The Hall–Kier alpha value is -4.23. The van der Waals surface area contributed by atoms with Crippen LogP contribution < -0.4 is 15.6 Å². The van der Waals surface area contributed by atoms with Crippen LogP contribution in [0.15, 0.2) is 144 Å². The first-order chi connectivity index (χ1) is 20.6. The molecule has 0 radical (unpaired) electrons. The van der Waals surface area contributed by atoms with Gasteiger partial charge in [-0.2, -0.15) is 0 Å². The van der Waals surface area contributed by atoms with Gasteiger partial charge in [-0.3, -0.25) is 0 Å². The molecule has 0 amide bonds. The molecule has 0 bridgehead atoms. The third-order valence-corrected chi connectivity index (χ3v) is 18.7. The van der Waals surface area contributed by atoms with Gasteiger partial charge in [0.15, 0.2) is 0 Å². The van der Waals surface area contributed by atoms with Crippen LogP contribution in [-0.2, 0) is 3.07 Å². The third kappa shape index (κ3) is 6.16. The molecule has 0 unspecified atom stereocenters. The first-order valence-corrected chi connectivity index (χ1v) is 19.8. The zero-order valence-corrected chi connectivity index (χ0v) is 27.1. The van der Waals surface area contributed by atoms with E-state index in [1.165, 1.54) is 0 Å². The van der Waals surface area contributed by atoms with Crippen molar-refractivity contribution in [2.24, 2.45) is 10.2 Å². The van der Waals surface area contributed by atoms with Crippen molar-refractivity contribution in [3.63, 3.8) is 0 Å². The number of anilines is 1. The molecular weight excluding hydrogens is 625 g/mol. The van der Waals surface area contributed by atoms with Gasteiger partial charge in [-0.15, -0.1) is 0 Å². The van der Waals surface area contributed by atoms with E-state index in [2.05, 4.69) is 77.5 Å². The molecule has 0 heterocycles. The quantitative estimate of drug-likeness (QED) is 0.119. The fourth-order valence-corrected chi connectivity index (χ4v) is 15.9. The van der Waals surface area contributed by atoms with Crippen molar-refractivity contribution in [3.05, 3.63) is 145 Å². The number of aryl methyl sites for hydroxylation is 1. The van der Waals surface area contributed by atoms with Crippen molar-refractivity contribution < 1.29 is 7.87 Å². The molecule has 0 fully saturated rings. The van der Waals surface area contributed by atoms with Crippen molar-refractivity contribution in [2.75, 3.05) is 18.0 Å². The zero-order valence-electron chi connectivity index (χ0n) is 24.3. The Kier molecular flexibility index (Phi) is 9.49. The fraction of sp³-hybridized carbons (Fsp3) is 0.139. The summed E-state index contributed by atoms with van der Waals surface area (Å²) in [5.41, 5.74) is 3.81. The van der Waals surface area contributed by atoms with E-state index in [-0.39, 0.29) is 0 Å². The first-order valence-electron chi connectivity index (χ1n) is 14.3. The number of azo groups is 1. The summed E-state index contributed by atoms with van der Waals surface area (Å²) >= 11 is -4.29. The van der Waals surface area contributed by atoms with Gasteiger partial charge in [0.2, 0.25) is 0 Å². The predicted molar refractivity (Wildman–Crippen MR) is 175 cm³/mol. The van der Waals surface area contributed by atoms with E-state index in [9.17, 15) is 4.79 Å². The van der Waals surface area contributed by atoms with Crippen LogP contribution in [0.3, 0.4) is 0 Å². The van der Waals surface area contributed by atoms with Crippen molar-refractivity contribution in [3.8, 4) is 0 Å². The molecule has 5 rings (SSSR count). The molecule has 210 valence electrons. The Balaban J connectivity index is 1.55. The van der Waals surface area contributed by atoms with E-state index in [0.717, 1.165) is 40.8 Å². The molecule has 0 aliphatic rings. The summed E-state index contributed by atoms with van der Waals surface area (Å²) in [6.45, 7) is 8.20. The van der Waals surface area contributed by atoms with E-state index in [1.807, 2.05) is 85.8 Å². The summed E-state index contributed by atoms with van der Waals surface area (Å²) in [5, 5.41) is 9.11. The number of rotatable bonds is 10. The molecular formula is C36H35N3O2Sn. The number of hydrogen-bond acceptors (Lipinski definition) is 5. The van der Waals surface area contributed by atoms with Crippen LogP contribution in [0.25, 0.3) is 0 Å².